The predicted molar refractivity (Wildman–Crippen MR) is 103 cm³/mol. The number of halogens is 2. The van der Waals surface area contributed by atoms with Gasteiger partial charge in [0.15, 0.2) is 0 Å². The number of carbonyl (C=O) groups is 1. The molecule has 0 bridgehead atoms. The molecule has 0 saturated heterocycles. The van der Waals surface area contributed by atoms with Crippen LogP contribution in [0.3, 0.4) is 0 Å². The van der Waals surface area contributed by atoms with E-state index in [0.29, 0.717) is 41.3 Å². The van der Waals surface area contributed by atoms with E-state index in [1.165, 1.54) is 0 Å². The van der Waals surface area contributed by atoms with Crippen molar-refractivity contribution >= 4 is 48.8 Å². The van der Waals surface area contributed by atoms with Crippen LogP contribution in [0.15, 0.2) is 49.8 Å². The summed E-state index contributed by atoms with van der Waals surface area (Å²) in [5.74, 6) is 0.780. The Morgan fingerprint density at radius 3 is 2.72 bits per heavy atom. The molecule has 0 amide bonds. The Morgan fingerprint density at radius 1 is 1.20 bits per heavy atom. The van der Waals surface area contributed by atoms with Gasteiger partial charge in [-0.3, -0.25) is 0 Å². The van der Waals surface area contributed by atoms with Gasteiger partial charge in [-0.15, -0.1) is 0 Å². The van der Waals surface area contributed by atoms with Gasteiger partial charge in [0.2, 0.25) is 0 Å². The second-order valence-electron chi connectivity index (χ2n) is 5.45. The van der Waals surface area contributed by atoms with Gasteiger partial charge < -0.3 is 13.9 Å². The van der Waals surface area contributed by atoms with Gasteiger partial charge in [-0.25, -0.2) is 4.79 Å². The lowest BCUT2D eigenvalue weighted by Gasteiger charge is -2.09. The van der Waals surface area contributed by atoms with Crippen molar-refractivity contribution in [1.82, 2.24) is 0 Å². The first-order valence-electron chi connectivity index (χ1n) is 7.76. The maximum Gasteiger partial charge on any atom is 0.342 e. The zero-order chi connectivity index (χ0) is 18.0. The van der Waals surface area contributed by atoms with Crippen LogP contribution >= 0.6 is 31.9 Å². The molecule has 0 spiro atoms. The van der Waals surface area contributed by atoms with Crippen LogP contribution in [0.5, 0.6) is 5.75 Å². The summed E-state index contributed by atoms with van der Waals surface area (Å²) in [5.41, 5.74) is 2.09. The Kier molecular flexibility index (Phi) is 5.49. The van der Waals surface area contributed by atoms with Gasteiger partial charge in [0.05, 0.1) is 11.1 Å². The third-order valence-electron chi connectivity index (χ3n) is 3.68. The van der Waals surface area contributed by atoms with E-state index in [1.807, 2.05) is 24.3 Å². The monoisotopic (exact) mass is 466 g/mol. The van der Waals surface area contributed by atoms with Crippen LogP contribution in [-0.2, 0) is 11.3 Å². The van der Waals surface area contributed by atoms with Crippen LogP contribution in [0.25, 0.3) is 11.0 Å². The van der Waals surface area contributed by atoms with Crippen LogP contribution in [0.1, 0.15) is 28.6 Å². The topological polar surface area (TPSA) is 48.7 Å². The zero-order valence-corrected chi connectivity index (χ0v) is 16.9. The number of benzene rings is 2. The number of aryl methyl sites for hydroxylation is 1. The highest BCUT2D eigenvalue weighted by molar-refractivity contribution is 9.10. The molecule has 0 N–H and O–H groups in total. The molecule has 4 nitrogen and oxygen atoms in total. The van der Waals surface area contributed by atoms with Crippen molar-refractivity contribution in [1.29, 1.82) is 0 Å². The molecule has 1 aromatic heterocycles. The Bertz CT molecular complexity index is 931. The van der Waals surface area contributed by atoms with Gasteiger partial charge in [-0.05, 0) is 59.6 Å². The standard InChI is InChI=1S/C19H16Br2O4/c1-3-23-19(22)18-11(2)25-16-9-15(21)17(8-14(16)18)24-10-12-5-4-6-13(20)7-12/h4-9H,3,10H2,1-2H3. The molecule has 0 atom stereocenters. The summed E-state index contributed by atoms with van der Waals surface area (Å²) in [4.78, 5) is 12.2. The molecule has 3 aromatic rings. The van der Waals surface area contributed by atoms with Crippen molar-refractivity contribution in [2.45, 2.75) is 20.5 Å². The molecule has 0 aliphatic carbocycles. The molecule has 0 unspecified atom stereocenters. The van der Waals surface area contributed by atoms with E-state index >= 15 is 0 Å². The SMILES string of the molecule is CCOC(=O)c1c(C)oc2cc(Br)c(OCc3cccc(Br)c3)cc12. The zero-order valence-electron chi connectivity index (χ0n) is 13.8. The number of furan rings is 1. The normalized spacial score (nSPS) is 10.9. The lowest BCUT2D eigenvalue weighted by Crippen LogP contribution is -2.05. The van der Waals surface area contributed by atoms with E-state index in [2.05, 4.69) is 31.9 Å². The molecule has 0 fully saturated rings. The number of ether oxygens (including phenoxy) is 2. The number of hydrogen-bond acceptors (Lipinski definition) is 4. The molecular formula is C19H16Br2O4. The van der Waals surface area contributed by atoms with Crippen molar-refractivity contribution in [2.24, 2.45) is 0 Å². The highest BCUT2D eigenvalue weighted by Gasteiger charge is 2.21. The fourth-order valence-electron chi connectivity index (χ4n) is 2.58. The largest absolute Gasteiger partial charge is 0.488 e. The molecule has 1 heterocycles. The average Bonchev–Trinajstić information content (AvgIpc) is 2.87. The first-order valence-corrected chi connectivity index (χ1v) is 9.35. The minimum atomic E-state index is -0.390. The quantitative estimate of drug-likeness (QED) is 0.430. The Hall–Kier alpha value is -1.79. The highest BCUT2D eigenvalue weighted by Crippen LogP contribution is 2.35. The van der Waals surface area contributed by atoms with E-state index in [1.54, 1.807) is 26.0 Å². The van der Waals surface area contributed by atoms with Crippen LogP contribution in [0.2, 0.25) is 0 Å². The lowest BCUT2D eigenvalue weighted by atomic mass is 10.1. The van der Waals surface area contributed by atoms with Crippen LogP contribution in [0, 0.1) is 6.92 Å². The number of hydrogen-bond donors (Lipinski definition) is 0. The molecule has 130 valence electrons. The van der Waals surface area contributed by atoms with E-state index in [0.717, 1.165) is 14.5 Å². The summed E-state index contributed by atoms with van der Waals surface area (Å²) >= 11 is 6.95. The maximum atomic E-state index is 12.2. The van der Waals surface area contributed by atoms with Crippen molar-refractivity contribution in [3.8, 4) is 5.75 Å². The number of fused-ring (bicyclic) bond motifs is 1. The maximum absolute atomic E-state index is 12.2. The summed E-state index contributed by atoms with van der Waals surface area (Å²) in [7, 11) is 0. The predicted octanol–water partition coefficient (Wildman–Crippen LogP) is 6.02. The number of carbonyl (C=O) groups excluding carboxylic acids is 1. The minimum absolute atomic E-state index is 0.313. The molecular weight excluding hydrogens is 452 g/mol. The molecule has 6 heteroatoms. The lowest BCUT2D eigenvalue weighted by molar-refractivity contribution is 0.0526. The molecule has 0 saturated carbocycles. The Labute approximate surface area is 162 Å². The molecule has 0 aliphatic heterocycles. The van der Waals surface area contributed by atoms with Crippen LogP contribution < -0.4 is 4.74 Å². The highest BCUT2D eigenvalue weighted by atomic mass is 79.9. The van der Waals surface area contributed by atoms with Crippen LogP contribution in [0.4, 0.5) is 0 Å². The summed E-state index contributed by atoms with van der Waals surface area (Å²) in [6.07, 6.45) is 0. The van der Waals surface area contributed by atoms with Gasteiger partial charge >= 0.3 is 5.97 Å². The van der Waals surface area contributed by atoms with Crippen molar-refractivity contribution < 1.29 is 18.7 Å². The molecule has 0 radical (unpaired) electrons. The molecule has 3 rings (SSSR count). The Morgan fingerprint density at radius 2 is 2.00 bits per heavy atom. The van der Waals surface area contributed by atoms with Gasteiger partial charge in [-0.2, -0.15) is 0 Å². The van der Waals surface area contributed by atoms with Gasteiger partial charge in [0.25, 0.3) is 0 Å². The summed E-state index contributed by atoms with van der Waals surface area (Å²) in [5, 5.41) is 0.684. The fourth-order valence-corrected chi connectivity index (χ4v) is 3.46. The van der Waals surface area contributed by atoms with Crippen LogP contribution in [-0.4, -0.2) is 12.6 Å². The average molecular weight is 468 g/mol. The third kappa shape index (κ3) is 3.90. The Balaban J connectivity index is 1.94. The molecule has 2 aromatic carbocycles. The van der Waals surface area contributed by atoms with Gasteiger partial charge in [0.1, 0.15) is 29.3 Å². The summed E-state index contributed by atoms with van der Waals surface area (Å²) in [6.45, 7) is 4.25. The van der Waals surface area contributed by atoms with E-state index in [4.69, 9.17) is 13.9 Å². The second-order valence-corrected chi connectivity index (χ2v) is 7.22. The van der Waals surface area contributed by atoms with E-state index in [9.17, 15) is 4.79 Å². The fraction of sp³-hybridized carbons (Fsp3) is 0.211. The van der Waals surface area contributed by atoms with Crippen molar-refractivity contribution in [2.75, 3.05) is 6.61 Å². The smallest absolute Gasteiger partial charge is 0.342 e. The van der Waals surface area contributed by atoms with Gasteiger partial charge in [0, 0.05) is 9.86 Å². The second kappa shape index (κ2) is 7.62. The van der Waals surface area contributed by atoms with Crippen molar-refractivity contribution in [3.05, 3.63) is 62.2 Å². The number of rotatable bonds is 5. The minimum Gasteiger partial charge on any atom is -0.488 e. The molecule has 25 heavy (non-hydrogen) atoms. The van der Waals surface area contributed by atoms with E-state index < -0.39 is 0 Å². The third-order valence-corrected chi connectivity index (χ3v) is 4.79. The van der Waals surface area contributed by atoms with E-state index in [-0.39, 0.29) is 5.97 Å². The summed E-state index contributed by atoms with van der Waals surface area (Å²) in [6, 6.07) is 11.5. The van der Waals surface area contributed by atoms with Crippen molar-refractivity contribution in [3.63, 3.8) is 0 Å². The molecule has 0 aliphatic rings. The first-order chi connectivity index (χ1) is 12.0. The summed E-state index contributed by atoms with van der Waals surface area (Å²) < 4.78 is 18.5. The first kappa shape index (κ1) is 18.0. The number of esters is 1. The van der Waals surface area contributed by atoms with Gasteiger partial charge in [-0.1, -0.05) is 28.1 Å².